The first-order valence-corrected chi connectivity index (χ1v) is 7.86. The summed E-state index contributed by atoms with van der Waals surface area (Å²) in [4.78, 5) is 19.0. The van der Waals surface area contributed by atoms with Crippen molar-refractivity contribution in [1.29, 1.82) is 0 Å². The van der Waals surface area contributed by atoms with Crippen molar-refractivity contribution in [3.05, 3.63) is 77.2 Å². The topological polar surface area (TPSA) is 33.2 Å². The monoisotopic (exact) mass is 322 g/mol. The van der Waals surface area contributed by atoms with E-state index in [1.807, 2.05) is 37.3 Å². The average Bonchev–Trinajstić information content (AvgIpc) is 2.60. The molecule has 2 aromatic carbocycles. The maximum Gasteiger partial charge on any atom is 0.255 e. The van der Waals surface area contributed by atoms with Gasteiger partial charge in [0.25, 0.3) is 5.91 Å². The maximum atomic E-state index is 13.3. The predicted octanol–water partition coefficient (Wildman–Crippen LogP) is 4.52. The van der Waals surface area contributed by atoms with E-state index in [0.717, 1.165) is 10.9 Å². The summed E-state index contributed by atoms with van der Waals surface area (Å²) in [5.41, 5.74) is 2.77. The largest absolute Gasteiger partial charge is 0.335 e. The van der Waals surface area contributed by atoms with Crippen LogP contribution in [0.1, 0.15) is 34.6 Å². The Kier molecular flexibility index (Phi) is 4.30. The van der Waals surface area contributed by atoms with Crippen molar-refractivity contribution in [2.24, 2.45) is 0 Å². The third kappa shape index (κ3) is 3.00. The summed E-state index contributed by atoms with van der Waals surface area (Å²) in [6.45, 7) is 3.77. The van der Waals surface area contributed by atoms with Gasteiger partial charge in [-0.25, -0.2) is 4.39 Å². The van der Waals surface area contributed by atoms with Crippen LogP contribution in [0.25, 0.3) is 10.9 Å². The zero-order chi connectivity index (χ0) is 17.3. The highest BCUT2D eigenvalue weighted by Crippen LogP contribution is 2.23. The molecule has 3 rings (SSSR count). The molecule has 4 heteroatoms. The number of benzene rings is 2. The number of aryl methyl sites for hydroxylation is 1. The number of hydrogen-bond acceptors (Lipinski definition) is 2. The second-order valence-corrected chi connectivity index (χ2v) is 5.96. The molecular weight excluding hydrogens is 303 g/mol. The summed E-state index contributed by atoms with van der Waals surface area (Å²) < 4.78 is 13.3. The van der Waals surface area contributed by atoms with Gasteiger partial charge >= 0.3 is 0 Å². The minimum absolute atomic E-state index is 0.0537. The SMILES string of the molecule is Cc1nc2cc(F)ccc2cc1C(=O)N(C)C(C)c1ccccc1. The Morgan fingerprint density at radius 1 is 1.12 bits per heavy atom. The van der Waals surface area contributed by atoms with Gasteiger partial charge in [-0.05, 0) is 37.6 Å². The number of carbonyl (C=O) groups is 1. The number of amides is 1. The van der Waals surface area contributed by atoms with Crippen molar-refractivity contribution in [3.63, 3.8) is 0 Å². The summed E-state index contributed by atoms with van der Waals surface area (Å²) in [6.07, 6.45) is 0. The second-order valence-electron chi connectivity index (χ2n) is 5.96. The number of halogens is 1. The highest BCUT2D eigenvalue weighted by Gasteiger charge is 2.21. The molecule has 1 amide bonds. The molecule has 0 spiro atoms. The Bertz CT molecular complexity index is 893. The van der Waals surface area contributed by atoms with E-state index in [-0.39, 0.29) is 17.8 Å². The lowest BCUT2D eigenvalue weighted by atomic mass is 10.0. The number of hydrogen-bond donors (Lipinski definition) is 0. The molecule has 0 fully saturated rings. The van der Waals surface area contributed by atoms with E-state index in [9.17, 15) is 9.18 Å². The maximum absolute atomic E-state index is 13.3. The summed E-state index contributed by atoms with van der Waals surface area (Å²) in [5, 5.41) is 0.756. The van der Waals surface area contributed by atoms with Crippen LogP contribution in [0.3, 0.4) is 0 Å². The molecule has 122 valence electrons. The van der Waals surface area contributed by atoms with Crippen LogP contribution in [0.15, 0.2) is 54.6 Å². The molecule has 0 N–H and O–H groups in total. The fourth-order valence-electron chi connectivity index (χ4n) is 2.77. The van der Waals surface area contributed by atoms with E-state index in [4.69, 9.17) is 0 Å². The number of pyridine rings is 1. The molecule has 1 atom stereocenters. The van der Waals surface area contributed by atoms with Crippen LogP contribution >= 0.6 is 0 Å². The zero-order valence-electron chi connectivity index (χ0n) is 14.0. The van der Waals surface area contributed by atoms with Crippen LogP contribution in [0.4, 0.5) is 4.39 Å². The molecule has 1 aromatic heterocycles. The van der Waals surface area contributed by atoms with Crippen LogP contribution in [-0.2, 0) is 0 Å². The molecule has 0 aliphatic rings. The molecule has 24 heavy (non-hydrogen) atoms. The second kappa shape index (κ2) is 6.40. The van der Waals surface area contributed by atoms with Gasteiger partial charge in [-0.2, -0.15) is 0 Å². The van der Waals surface area contributed by atoms with Crippen LogP contribution < -0.4 is 0 Å². The molecule has 0 saturated heterocycles. The summed E-state index contributed by atoms with van der Waals surface area (Å²) in [6, 6.07) is 16.0. The number of carbonyl (C=O) groups excluding carboxylic acids is 1. The van der Waals surface area contributed by atoms with E-state index >= 15 is 0 Å². The third-order valence-electron chi connectivity index (χ3n) is 4.38. The number of fused-ring (bicyclic) bond motifs is 1. The first-order chi connectivity index (χ1) is 11.5. The van der Waals surface area contributed by atoms with Crippen molar-refractivity contribution in [2.45, 2.75) is 19.9 Å². The molecule has 3 aromatic rings. The zero-order valence-corrected chi connectivity index (χ0v) is 14.0. The van der Waals surface area contributed by atoms with Gasteiger partial charge in [0, 0.05) is 18.5 Å². The highest BCUT2D eigenvalue weighted by molar-refractivity contribution is 5.98. The molecule has 3 nitrogen and oxygen atoms in total. The summed E-state index contributed by atoms with van der Waals surface area (Å²) >= 11 is 0. The van der Waals surface area contributed by atoms with Crippen LogP contribution in [0.5, 0.6) is 0 Å². The summed E-state index contributed by atoms with van der Waals surface area (Å²) in [5.74, 6) is -0.425. The quantitative estimate of drug-likeness (QED) is 0.710. The van der Waals surface area contributed by atoms with Crippen LogP contribution in [0.2, 0.25) is 0 Å². The molecule has 0 aliphatic heterocycles. The van der Waals surface area contributed by atoms with Gasteiger partial charge in [-0.15, -0.1) is 0 Å². The number of aromatic nitrogens is 1. The van der Waals surface area contributed by atoms with Crippen molar-refractivity contribution in [1.82, 2.24) is 9.88 Å². The van der Waals surface area contributed by atoms with E-state index < -0.39 is 0 Å². The first-order valence-electron chi connectivity index (χ1n) is 7.86. The Morgan fingerprint density at radius 3 is 2.54 bits per heavy atom. The molecule has 0 aliphatic carbocycles. The van der Waals surface area contributed by atoms with Crippen LogP contribution in [0, 0.1) is 12.7 Å². The van der Waals surface area contributed by atoms with Crippen LogP contribution in [-0.4, -0.2) is 22.8 Å². The first kappa shape index (κ1) is 16.1. The normalized spacial score (nSPS) is 12.2. The fraction of sp³-hybridized carbons (Fsp3) is 0.200. The Hall–Kier alpha value is -2.75. The van der Waals surface area contributed by atoms with Gasteiger partial charge in [0.1, 0.15) is 5.82 Å². The third-order valence-corrected chi connectivity index (χ3v) is 4.38. The van der Waals surface area contributed by atoms with Gasteiger partial charge in [0.2, 0.25) is 0 Å². The smallest absolute Gasteiger partial charge is 0.255 e. The van der Waals surface area contributed by atoms with Crippen molar-refractivity contribution < 1.29 is 9.18 Å². The van der Waals surface area contributed by atoms with Gasteiger partial charge < -0.3 is 4.90 Å². The predicted molar refractivity (Wildman–Crippen MR) is 93.4 cm³/mol. The van der Waals surface area contributed by atoms with Gasteiger partial charge in [-0.1, -0.05) is 30.3 Å². The lowest BCUT2D eigenvalue weighted by Gasteiger charge is -2.26. The lowest BCUT2D eigenvalue weighted by Crippen LogP contribution is -2.30. The summed E-state index contributed by atoms with van der Waals surface area (Å²) in [7, 11) is 1.79. The average molecular weight is 322 g/mol. The standard InChI is InChI=1S/C20H19FN2O/c1-13-18(11-16-9-10-17(21)12-19(16)22-13)20(24)23(3)14(2)15-7-5-4-6-8-15/h4-12,14H,1-3H3. The van der Waals surface area contributed by atoms with Gasteiger partial charge in [-0.3, -0.25) is 9.78 Å². The fourth-order valence-corrected chi connectivity index (χ4v) is 2.77. The van der Waals surface area contributed by atoms with E-state index in [1.54, 1.807) is 31.0 Å². The number of rotatable bonds is 3. The minimum Gasteiger partial charge on any atom is -0.335 e. The Labute approximate surface area is 140 Å². The molecule has 1 heterocycles. The van der Waals surface area contributed by atoms with E-state index in [2.05, 4.69) is 4.98 Å². The van der Waals surface area contributed by atoms with Gasteiger partial charge in [0.15, 0.2) is 0 Å². The highest BCUT2D eigenvalue weighted by atomic mass is 19.1. The van der Waals surface area contributed by atoms with Crippen molar-refractivity contribution in [3.8, 4) is 0 Å². The van der Waals surface area contributed by atoms with E-state index in [1.165, 1.54) is 12.1 Å². The van der Waals surface area contributed by atoms with Gasteiger partial charge in [0.05, 0.1) is 22.8 Å². The molecule has 0 bridgehead atoms. The molecule has 0 radical (unpaired) electrons. The lowest BCUT2D eigenvalue weighted by molar-refractivity contribution is 0.0741. The Balaban J connectivity index is 1.95. The van der Waals surface area contributed by atoms with Crippen molar-refractivity contribution in [2.75, 3.05) is 7.05 Å². The molecule has 1 unspecified atom stereocenters. The molecular formula is C20H19FN2O. The number of nitrogens with zero attached hydrogens (tertiary/aromatic N) is 2. The Morgan fingerprint density at radius 2 is 1.83 bits per heavy atom. The van der Waals surface area contributed by atoms with E-state index in [0.29, 0.717) is 16.8 Å². The molecule has 0 saturated carbocycles. The van der Waals surface area contributed by atoms with Crippen molar-refractivity contribution >= 4 is 16.8 Å². The minimum atomic E-state index is -0.330.